The fourth-order valence-corrected chi connectivity index (χ4v) is 3.33. The number of urea groups is 1. The zero-order chi connectivity index (χ0) is 19.5. The largest absolute Gasteiger partial charge is 0.327 e. The van der Waals surface area contributed by atoms with Gasteiger partial charge in [0.1, 0.15) is 5.82 Å². The van der Waals surface area contributed by atoms with Gasteiger partial charge in [-0.1, -0.05) is 23.7 Å². The molecule has 0 aliphatic carbocycles. The Hall–Kier alpha value is -3.25. The lowest BCUT2D eigenvalue weighted by Crippen LogP contribution is -2.36. The normalized spacial score (nSPS) is 13.6. The molecule has 0 saturated carbocycles. The molecule has 2 amide bonds. The molecule has 0 spiro atoms. The standard InChI is InChI=1S/C21H17ClN4O2/c22-15-4-1-3-14(13-15)18-7-6-17-19(27)5-2-12-26(20(17)25-18)21(28)24-16-8-10-23-11-9-16/h1,3-4,6-11,13H,2,5,12H2,(H,23,24,28). The highest BCUT2D eigenvalue weighted by atomic mass is 35.5. The minimum atomic E-state index is -0.335. The van der Waals surface area contributed by atoms with Crippen molar-refractivity contribution in [3.63, 3.8) is 0 Å². The fourth-order valence-electron chi connectivity index (χ4n) is 3.14. The zero-order valence-corrected chi connectivity index (χ0v) is 15.7. The molecule has 3 aromatic rings. The van der Waals surface area contributed by atoms with Gasteiger partial charge in [-0.15, -0.1) is 0 Å². The van der Waals surface area contributed by atoms with Gasteiger partial charge in [0.15, 0.2) is 5.78 Å². The van der Waals surface area contributed by atoms with Gasteiger partial charge in [0.2, 0.25) is 0 Å². The number of hydrogen-bond acceptors (Lipinski definition) is 4. The van der Waals surface area contributed by atoms with E-state index >= 15 is 0 Å². The molecular formula is C21H17ClN4O2. The van der Waals surface area contributed by atoms with Gasteiger partial charge in [-0.3, -0.25) is 14.7 Å². The van der Waals surface area contributed by atoms with Crippen LogP contribution in [0.4, 0.5) is 16.3 Å². The van der Waals surface area contributed by atoms with E-state index in [1.165, 1.54) is 4.90 Å². The fraction of sp³-hybridized carbons (Fsp3) is 0.143. The van der Waals surface area contributed by atoms with E-state index in [1.54, 1.807) is 48.8 Å². The number of nitrogens with zero attached hydrogens (tertiary/aromatic N) is 3. The van der Waals surface area contributed by atoms with E-state index in [-0.39, 0.29) is 11.8 Å². The van der Waals surface area contributed by atoms with Crippen molar-refractivity contribution in [3.05, 3.63) is 71.5 Å². The van der Waals surface area contributed by atoms with Crippen molar-refractivity contribution in [2.75, 3.05) is 16.8 Å². The average molecular weight is 393 g/mol. The number of pyridine rings is 2. The monoisotopic (exact) mass is 392 g/mol. The molecule has 1 aliphatic rings. The maximum Gasteiger partial charge on any atom is 0.327 e. The summed E-state index contributed by atoms with van der Waals surface area (Å²) in [7, 11) is 0. The molecule has 0 fully saturated rings. The number of Topliss-reactive ketones (excluding diaryl/α,β-unsaturated/α-hetero) is 1. The Kier molecular flexibility index (Phi) is 5.04. The number of carbonyl (C=O) groups excluding carboxylic acids is 2. The van der Waals surface area contributed by atoms with Crippen molar-refractivity contribution in [2.24, 2.45) is 0 Å². The van der Waals surface area contributed by atoms with Gasteiger partial charge in [0.05, 0.1) is 11.3 Å². The minimum Gasteiger partial charge on any atom is -0.307 e. The molecule has 0 unspecified atom stereocenters. The third-order valence-electron chi connectivity index (χ3n) is 4.51. The first-order chi connectivity index (χ1) is 13.6. The number of amides is 2. The highest BCUT2D eigenvalue weighted by Crippen LogP contribution is 2.29. The summed E-state index contributed by atoms with van der Waals surface area (Å²) in [4.78, 5) is 35.5. The van der Waals surface area contributed by atoms with Crippen molar-refractivity contribution in [1.82, 2.24) is 9.97 Å². The summed E-state index contributed by atoms with van der Waals surface area (Å²) in [5.74, 6) is 0.353. The molecule has 2 aromatic heterocycles. The molecule has 1 aliphatic heterocycles. The van der Waals surface area contributed by atoms with E-state index in [1.807, 2.05) is 12.1 Å². The third-order valence-corrected chi connectivity index (χ3v) is 4.75. The van der Waals surface area contributed by atoms with E-state index < -0.39 is 0 Å². The van der Waals surface area contributed by atoms with E-state index in [2.05, 4.69) is 15.3 Å². The van der Waals surface area contributed by atoms with Gasteiger partial charge in [-0.05, 0) is 42.8 Å². The van der Waals surface area contributed by atoms with Gasteiger partial charge >= 0.3 is 6.03 Å². The van der Waals surface area contributed by atoms with Crippen LogP contribution >= 0.6 is 11.6 Å². The van der Waals surface area contributed by atoms with Gasteiger partial charge < -0.3 is 5.32 Å². The first kappa shape index (κ1) is 18.1. The molecule has 140 valence electrons. The Morgan fingerprint density at radius 1 is 1.11 bits per heavy atom. The third kappa shape index (κ3) is 3.73. The Balaban J connectivity index is 1.73. The summed E-state index contributed by atoms with van der Waals surface area (Å²) >= 11 is 6.10. The molecule has 0 saturated heterocycles. The van der Waals surface area contributed by atoms with Gasteiger partial charge in [-0.2, -0.15) is 0 Å². The number of carbonyl (C=O) groups is 2. The molecule has 6 nitrogen and oxygen atoms in total. The molecule has 3 heterocycles. The van der Waals surface area contributed by atoms with Gasteiger partial charge in [0, 0.05) is 41.6 Å². The molecular weight excluding hydrogens is 376 g/mol. The Morgan fingerprint density at radius 3 is 2.71 bits per heavy atom. The first-order valence-corrected chi connectivity index (χ1v) is 9.28. The van der Waals surface area contributed by atoms with Crippen molar-refractivity contribution >= 4 is 34.9 Å². The summed E-state index contributed by atoms with van der Waals surface area (Å²) in [5.41, 5.74) is 2.55. The zero-order valence-electron chi connectivity index (χ0n) is 14.9. The van der Waals surface area contributed by atoms with E-state index in [0.29, 0.717) is 47.2 Å². The lowest BCUT2D eigenvalue weighted by atomic mass is 10.1. The van der Waals surface area contributed by atoms with Crippen LogP contribution in [0.15, 0.2) is 60.9 Å². The summed E-state index contributed by atoms with van der Waals surface area (Å²) in [6.07, 6.45) is 4.16. The molecule has 1 aromatic carbocycles. The number of aromatic nitrogens is 2. The number of fused-ring (bicyclic) bond motifs is 1. The Bertz CT molecular complexity index is 1040. The Labute approximate surface area is 167 Å². The molecule has 0 atom stereocenters. The van der Waals surface area contributed by atoms with Crippen molar-refractivity contribution in [2.45, 2.75) is 12.8 Å². The lowest BCUT2D eigenvalue weighted by molar-refractivity contribution is 0.0983. The van der Waals surface area contributed by atoms with Crippen LogP contribution in [0.1, 0.15) is 23.2 Å². The number of hydrogen-bond donors (Lipinski definition) is 1. The van der Waals surface area contributed by atoms with Crippen molar-refractivity contribution in [3.8, 4) is 11.3 Å². The topological polar surface area (TPSA) is 75.2 Å². The quantitative estimate of drug-likeness (QED) is 0.678. The number of rotatable bonds is 2. The number of benzene rings is 1. The number of ketones is 1. The van der Waals surface area contributed by atoms with Crippen LogP contribution in [0.5, 0.6) is 0 Å². The molecule has 4 rings (SSSR count). The Morgan fingerprint density at radius 2 is 1.93 bits per heavy atom. The second-order valence-corrected chi connectivity index (χ2v) is 6.86. The van der Waals surface area contributed by atoms with Crippen LogP contribution in [-0.2, 0) is 0 Å². The molecule has 7 heteroatoms. The summed E-state index contributed by atoms with van der Waals surface area (Å²) < 4.78 is 0. The predicted octanol–water partition coefficient (Wildman–Crippen LogP) is 4.81. The van der Waals surface area contributed by atoms with E-state index in [4.69, 9.17) is 11.6 Å². The van der Waals surface area contributed by atoms with Crippen molar-refractivity contribution < 1.29 is 9.59 Å². The van der Waals surface area contributed by atoms with Gasteiger partial charge in [-0.25, -0.2) is 9.78 Å². The maximum atomic E-state index is 12.9. The highest BCUT2D eigenvalue weighted by molar-refractivity contribution is 6.30. The molecule has 0 bridgehead atoms. The smallest absolute Gasteiger partial charge is 0.307 e. The van der Waals surface area contributed by atoms with Crippen LogP contribution in [0.3, 0.4) is 0 Å². The molecule has 28 heavy (non-hydrogen) atoms. The van der Waals surface area contributed by atoms with E-state index in [0.717, 1.165) is 5.56 Å². The predicted molar refractivity (Wildman–Crippen MR) is 109 cm³/mol. The number of halogens is 1. The minimum absolute atomic E-state index is 0.0145. The van der Waals surface area contributed by atoms with Crippen molar-refractivity contribution in [1.29, 1.82) is 0 Å². The van der Waals surface area contributed by atoms with Crippen LogP contribution in [0.2, 0.25) is 5.02 Å². The molecule has 0 radical (unpaired) electrons. The number of anilines is 2. The maximum absolute atomic E-state index is 12.9. The van der Waals surface area contributed by atoms with Crippen LogP contribution in [-0.4, -0.2) is 28.3 Å². The summed E-state index contributed by atoms with van der Waals surface area (Å²) in [5, 5.41) is 3.43. The molecule has 1 N–H and O–H groups in total. The summed E-state index contributed by atoms with van der Waals surface area (Å²) in [6.45, 7) is 0.404. The van der Waals surface area contributed by atoms with Crippen LogP contribution in [0, 0.1) is 0 Å². The van der Waals surface area contributed by atoms with E-state index in [9.17, 15) is 9.59 Å². The lowest BCUT2D eigenvalue weighted by Gasteiger charge is -2.22. The van der Waals surface area contributed by atoms with Gasteiger partial charge in [0.25, 0.3) is 0 Å². The number of nitrogens with one attached hydrogen (secondary N) is 1. The second kappa shape index (κ2) is 7.78. The average Bonchev–Trinajstić information content (AvgIpc) is 2.87. The highest BCUT2D eigenvalue weighted by Gasteiger charge is 2.27. The van der Waals surface area contributed by atoms with Crippen LogP contribution < -0.4 is 10.2 Å². The summed E-state index contributed by atoms with van der Waals surface area (Å²) in [6, 6.07) is 13.9. The second-order valence-electron chi connectivity index (χ2n) is 6.42. The first-order valence-electron chi connectivity index (χ1n) is 8.90. The van der Waals surface area contributed by atoms with Crippen LogP contribution in [0.25, 0.3) is 11.3 Å². The SMILES string of the molecule is O=C1CCCN(C(=O)Nc2ccncc2)c2nc(-c3cccc(Cl)c3)ccc21.